The van der Waals surface area contributed by atoms with E-state index in [0.717, 1.165) is 18.3 Å². The van der Waals surface area contributed by atoms with Crippen molar-refractivity contribution in [1.29, 1.82) is 0 Å². The van der Waals surface area contributed by atoms with Crippen molar-refractivity contribution in [3.8, 4) is 0 Å². The van der Waals surface area contributed by atoms with Crippen molar-refractivity contribution in [3.63, 3.8) is 0 Å². The Hall–Kier alpha value is -0.640. The van der Waals surface area contributed by atoms with Crippen molar-refractivity contribution in [1.82, 2.24) is 5.32 Å². The largest absolute Gasteiger partial charge is 0.376 e. The number of hydrogen-bond acceptors (Lipinski definition) is 2. The van der Waals surface area contributed by atoms with Gasteiger partial charge in [-0.3, -0.25) is 0 Å². The third kappa shape index (κ3) is 1.73. The summed E-state index contributed by atoms with van der Waals surface area (Å²) < 4.78 is 0. The summed E-state index contributed by atoms with van der Waals surface area (Å²) in [4.78, 5) is 1.18. The molecule has 3 N–H and O–H groups in total. The Morgan fingerprint density at radius 2 is 1.86 bits per heavy atom. The van der Waals surface area contributed by atoms with Crippen LogP contribution in [0.1, 0.15) is 56.9 Å². The molecule has 5 unspecified atom stereocenters. The van der Waals surface area contributed by atoms with Crippen molar-refractivity contribution in [2.24, 2.45) is 33.8 Å². The molecule has 0 heterocycles. The molecule has 0 radical (unpaired) electrons. The van der Waals surface area contributed by atoms with E-state index >= 15 is 0 Å². The predicted octanol–water partition coefficient (Wildman–Crippen LogP) is 4.79. The number of halogens is 1. The van der Waals surface area contributed by atoms with E-state index in [1.165, 1.54) is 56.4 Å². The zero-order valence-electron chi connectivity index (χ0n) is 16.6. The summed E-state index contributed by atoms with van der Waals surface area (Å²) in [5, 5.41) is 3.87. The normalized spacial score (nSPS) is 50.0. The molecule has 1 spiro atoms. The van der Waals surface area contributed by atoms with Gasteiger partial charge in [0.25, 0.3) is 0 Å². The molecule has 5 atom stereocenters. The molecule has 2 nitrogen and oxygen atoms in total. The van der Waals surface area contributed by atoms with E-state index in [1.54, 1.807) is 5.56 Å². The summed E-state index contributed by atoms with van der Waals surface area (Å²) in [7, 11) is 0. The van der Waals surface area contributed by atoms with Gasteiger partial charge in [-0.15, -0.1) is 11.6 Å². The molecule has 0 aliphatic heterocycles. The maximum atomic E-state index is 6.63. The number of benzene rings is 1. The summed E-state index contributed by atoms with van der Waals surface area (Å²) in [5.74, 6) is 2.36. The molecule has 0 aromatic heterocycles. The quantitative estimate of drug-likeness (QED) is 0.537. The Kier molecular flexibility index (Phi) is 3.72. The minimum Gasteiger partial charge on any atom is -0.376 e. The monoisotopic (exact) mass is 414 g/mol. The number of nitrogens with two attached hydrogens (primary N) is 1. The van der Waals surface area contributed by atoms with Crippen LogP contribution in [0.4, 0.5) is 0 Å². The molecule has 5 saturated carbocycles. The van der Waals surface area contributed by atoms with E-state index in [1.807, 2.05) is 0 Å². The van der Waals surface area contributed by atoms with E-state index in [4.69, 9.17) is 29.6 Å². The molecular weight excluding hydrogens is 384 g/mol. The van der Waals surface area contributed by atoms with Crippen LogP contribution in [0.5, 0.6) is 0 Å². The first-order valence-corrected chi connectivity index (χ1v) is 12.1. The van der Waals surface area contributed by atoms with Crippen LogP contribution in [-0.4, -0.2) is 23.5 Å². The average Bonchev–Trinajstić information content (AvgIpc) is 2.68. The summed E-state index contributed by atoms with van der Waals surface area (Å²) in [6.45, 7) is 0.837. The van der Waals surface area contributed by atoms with Gasteiger partial charge in [0.1, 0.15) is 0 Å². The van der Waals surface area contributed by atoms with Crippen LogP contribution >= 0.6 is 23.8 Å². The molecule has 5 aliphatic rings. The Balaban J connectivity index is 1.27. The molecule has 0 saturated heterocycles. The van der Waals surface area contributed by atoms with Gasteiger partial charge in [0, 0.05) is 28.2 Å². The molecule has 5 fully saturated rings. The highest BCUT2D eigenvalue weighted by atomic mass is 35.5. The van der Waals surface area contributed by atoms with Gasteiger partial charge >= 0.3 is 0 Å². The van der Waals surface area contributed by atoms with Crippen molar-refractivity contribution in [2.75, 3.05) is 12.4 Å². The lowest BCUT2D eigenvalue weighted by Gasteiger charge is -2.99. The first-order valence-electron chi connectivity index (χ1n) is 11.2. The lowest BCUT2D eigenvalue weighted by atomic mass is 9.04. The third-order valence-corrected chi connectivity index (χ3v) is 11.0. The summed E-state index contributed by atoms with van der Waals surface area (Å²) in [5.41, 5.74) is 8.68. The fourth-order valence-corrected chi connectivity index (χ4v) is 10.2. The van der Waals surface area contributed by atoms with Gasteiger partial charge in [0.15, 0.2) is 0 Å². The van der Waals surface area contributed by atoms with Crippen LogP contribution in [0, 0.1) is 28.1 Å². The van der Waals surface area contributed by atoms with E-state index in [2.05, 4.69) is 35.6 Å². The highest BCUT2D eigenvalue weighted by molar-refractivity contribution is 7.80. The van der Waals surface area contributed by atoms with E-state index in [-0.39, 0.29) is 5.41 Å². The Bertz CT molecular complexity index is 821. The van der Waals surface area contributed by atoms with Crippen LogP contribution in [0.25, 0.3) is 0 Å². The van der Waals surface area contributed by atoms with Crippen molar-refractivity contribution >= 4 is 28.8 Å². The zero-order chi connectivity index (χ0) is 19.2. The van der Waals surface area contributed by atoms with Crippen molar-refractivity contribution in [3.05, 3.63) is 35.9 Å². The minimum absolute atomic E-state index is 0.221. The second-order valence-electron chi connectivity index (χ2n) is 10.6. The molecule has 28 heavy (non-hydrogen) atoms. The second kappa shape index (κ2) is 5.74. The number of nitrogens with one attached hydrogen (secondary N) is 1. The van der Waals surface area contributed by atoms with Gasteiger partial charge in [-0.25, -0.2) is 0 Å². The highest BCUT2D eigenvalue weighted by Crippen LogP contribution is 3.01. The Morgan fingerprint density at radius 3 is 2.50 bits per heavy atom. The highest BCUT2D eigenvalue weighted by Gasteiger charge is 2.99. The lowest BCUT2D eigenvalue weighted by molar-refractivity contribution is -0.464. The molecule has 5 aliphatic carbocycles. The zero-order valence-corrected chi connectivity index (χ0v) is 18.1. The van der Waals surface area contributed by atoms with Crippen LogP contribution in [0.3, 0.4) is 0 Å². The molecular formula is C24H31ClN2S. The van der Waals surface area contributed by atoms with Gasteiger partial charge in [-0.05, 0) is 80.7 Å². The van der Waals surface area contributed by atoms with Gasteiger partial charge in [0.05, 0.1) is 4.99 Å². The molecule has 4 heteroatoms. The fraction of sp³-hybridized carbons (Fsp3) is 0.708. The van der Waals surface area contributed by atoms with Crippen LogP contribution in [0.15, 0.2) is 30.3 Å². The maximum Gasteiger partial charge on any atom is 0.0824 e. The smallest absolute Gasteiger partial charge is 0.0824 e. The summed E-state index contributed by atoms with van der Waals surface area (Å²) in [6, 6.07) is 11.8. The average molecular weight is 415 g/mol. The molecule has 6 rings (SSSR count). The van der Waals surface area contributed by atoms with Crippen LogP contribution in [-0.2, 0) is 5.41 Å². The number of hydrogen-bond donors (Lipinski definition) is 2. The SMILES string of the molecule is NCC1CCC(NC(=S)C23CC4CC5(CCl)CC(c6ccccc6)(C2)C453)CC1. The number of rotatable bonds is 5. The Labute approximate surface area is 179 Å². The van der Waals surface area contributed by atoms with Gasteiger partial charge in [-0.1, -0.05) is 42.5 Å². The lowest BCUT2D eigenvalue weighted by Crippen LogP contribution is -2.98. The van der Waals surface area contributed by atoms with Crippen molar-refractivity contribution in [2.45, 2.75) is 62.8 Å². The molecule has 150 valence electrons. The molecule has 1 aromatic rings. The number of alkyl halides is 1. The summed E-state index contributed by atoms with van der Waals surface area (Å²) in [6.07, 6.45) is 10.1. The maximum absolute atomic E-state index is 6.63. The first-order chi connectivity index (χ1) is 13.6. The molecule has 0 bridgehead atoms. The van der Waals surface area contributed by atoms with E-state index in [9.17, 15) is 0 Å². The first kappa shape index (κ1) is 18.2. The second-order valence-corrected chi connectivity index (χ2v) is 11.3. The van der Waals surface area contributed by atoms with Gasteiger partial charge in [-0.2, -0.15) is 0 Å². The topological polar surface area (TPSA) is 38.0 Å². The van der Waals surface area contributed by atoms with E-state index in [0.29, 0.717) is 28.2 Å². The van der Waals surface area contributed by atoms with Gasteiger partial charge < -0.3 is 11.1 Å². The van der Waals surface area contributed by atoms with Crippen molar-refractivity contribution < 1.29 is 0 Å². The molecule has 0 amide bonds. The number of thiocarbonyl (C=S) groups is 1. The standard InChI is InChI=1S/C24H31ClN2S/c25-15-21-10-18-11-22(20(28)27-19-8-6-16(12-26)7-9-19)14-23(13-21,24(18,21)22)17-4-2-1-3-5-17/h1-5,16,18-19H,6-15,26H2,(H,27,28). The third-order valence-electron chi connectivity index (χ3n) is 9.97. The van der Waals surface area contributed by atoms with E-state index < -0.39 is 0 Å². The van der Waals surface area contributed by atoms with Crippen LogP contribution < -0.4 is 11.1 Å². The summed E-state index contributed by atoms with van der Waals surface area (Å²) >= 11 is 12.8. The Morgan fingerprint density at radius 1 is 1.11 bits per heavy atom. The molecule has 1 aromatic carbocycles. The fourth-order valence-electron chi connectivity index (χ4n) is 9.28. The van der Waals surface area contributed by atoms with Gasteiger partial charge in [0.2, 0.25) is 0 Å². The minimum atomic E-state index is 0.221. The van der Waals surface area contributed by atoms with Crippen LogP contribution in [0.2, 0.25) is 0 Å². The predicted molar refractivity (Wildman–Crippen MR) is 119 cm³/mol.